The van der Waals surface area contributed by atoms with Gasteiger partial charge in [0.1, 0.15) is 5.82 Å². The van der Waals surface area contributed by atoms with Gasteiger partial charge in [-0.15, -0.1) is 0 Å². The molecule has 4 rings (SSSR count). The molecule has 0 amide bonds. The van der Waals surface area contributed by atoms with Crippen molar-refractivity contribution in [1.29, 1.82) is 0 Å². The number of hydrazine groups is 1. The first kappa shape index (κ1) is 16.7. The van der Waals surface area contributed by atoms with Crippen molar-refractivity contribution in [3.63, 3.8) is 0 Å². The number of ether oxygens (including phenoxy) is 1. The molecule has 8 heteroatoms. The van der Waals surface area contributed by atoms with Gasteiger partial charge in [0.2, 0.25) is 0 Å². The number of nitrogens with one attached hydrogen (secondary N) is 1. The third-order valence-corrected chi connectivity index (χ3v) is 4.56. The normalized spacial score (nSPS) is 17.0. The van der Waals surface area contributed by atoms with E-state index in [9.17, 15) is 4.79 Å². The molecule has 26 heavy (non-hydrogen) atoms. The van der Waals surface area contributed by atoms with Gasteiger partial charge >= 0.3 is 5.97 Å². The van der Waals surface area contributed by atoms with Gasteiger partial charge in [0.05, 0.1) is 31.7 Å². The number of benzene rings is 1. The third kappa shape index (κ3) is 3.33. The maximum Gasteiger partial charge on any atom is 0.307 e. The molecule has 2 aliphatic heterocycles. The standard InChI is InChI=1S/C18H21N5O3/c1-22-11-14-17(21-22)19-16(20-18(14)23-6-8-26-9-7-23)13-4-2-12(3-5-13)10-15(24)25/h2-5H,6-11H2,1H3,(H,24,25)(H,19,20,21). The minimum absolute atomic E-state index is 0.0106. The molecule has 1 aromatic carbocycles. The SMILES string of the molecule is CN1Cc2c(nc(-c3ccc(CC(=O)O)cc3)nc2N2CCOCC2)N1. The Morgan fingerprint density at radius 3 is 2.65 bits per heavy atom. The fraction of sp³-hybridized carbons (Fsp3) is 0.389. The summed E-state index contributed by atoms with van der Waals surface area (Å²) in [4.78, 5) is 22.6. The number of anilines is 2. The zero-order valence-corrected chi connectivity index (χ0v) is 14.6. The first-order chi connectivity index (χ1) is 12.6. The highest BCUT2D eigenvalue weighted by atomic mass is 16.5. The van der Waals surface area contributed by atoms with Crippen LogP contribution >= 0.6 is 0 Å². The summed E-state index contributed by atoms with van der Waals surface area (Å²) >= 11 is 0. The lowest BCUT2D eigenvalue weighted by Gasteiger charge is -2.29. The molecule has 2 N–H and O–H groups in total. The van der Waals surface area contributed by atoms with Gasteiger partial charge in [0, 0.05) is 25.7 Å². The lowest BCUT2D eigenvalue weighted by molar-refractivity contribution is -0.136. The van der Waals surface area contributed by atoms with E-state index in [0.717, 1.165) is 48.0 Å². The van der Waals surface area contributed by atoms with Crippen molar-refractivity contribution in [2.24, 2.45) is 0 Å². The van der Waals surface area contributed by atoms with E-state index in [0.29, 0.717) is 19.0 Å². The predicted molar refractivity (Wildman–Crippen MR) is 96.9 cm³/mol. The van der Waals surface area contributed by atoms with Crippen LogP contribution in [-0.4, -0.2) is 59.4 Å². The lowest BCUT2D eigenvalue weighted by atomic mass is 10.1. The van der Waals surface area contributed by atoms with Crippen LogP contribution in [0, 0.1) is 0 Å². The number of rotatable bonds is 4. The smallest absolute Gasteiger partial charge is 0.307 e. The van der Waals surface area contributed by atoms with Gasteiger partial charge in [-0.05, 0) is 5.56 Å². The summed E-state index contributed by atoms with van der Waals surface area (Å²) in [5.41, 5.74) is 6.00. The van der Waals surface area contributed by atoms with Gasteiger partial charge in [0.25, 0.3) is 0 Å². The Balaban J connectivity index is 1.70. The average Bonchev–Trinajstić information content (AvgIpc) is 3.02. The molecule has 1 fully saturated rings. The second-order valence-corrected chi connectivity index (χ2v) is 6.53. The number of carboxylic acid groups (broad SMARTS) is 1. The van der Waals surface area contributed by atoms with Crippen LogP contribution in [0.2, 0.25) is 0 Å². The Labute approximate surface area is 151 Å². The number of nitrogens with zero attached hydrogens (tertiary/aromatic N) is 4. The van der Waals surface area contributed by atoms with Crippen molar-refractivity contribution in [2.45, 2.75) is 13.0 Å². The second kappa shape index (κ2) is 6.89. The summed E-state index contributed by atoms with van der Waals surface area (Å²) in [5, 5.41) is 10.9. The highest BCUT2D eigenvalue weighted by Gasteiger charge is 2.26. The Kier molecular flexibility index (Phi) is 4.44. The zero-order chi connectivity index (χ0) is 18.1. The number of carbonyl (C=O) groups is 1. The maximum absolute atomic E-state index is 10.8. The molecule has 0 saturated carbocycles. The molecule has 2 aromatic rings. The number of carboxylic acids is 1. The van der Waals surface area contributed by atoms with Gasteiger partial charge in [-0.1, -0.05) is 24.3 Å². The minimum Gasteiger partial charge on any atom is -0.481 e. The molecule has 0 bridgehead atoms. The van der Waals surface area contributed by atoms with Crippen LogP contribution in [0.25, 0.3) is 11.4 Å². The quantitative estimate of drug-likeness (QED) is 0.850. The second-order valence-electron chi connectivity index (χ2n) is 6.53. The monoisotopic (exact) mass is 355 g/mol. The van der Waals surface area contributed by atoms with Crippen molar-refractivity contribution in [3.8, 4) is 11.4 Å². The molecular formula is C18H21N5O3. The highest BCUT2D eigenvalue weighted by Crippen LogP contribution is 2.33. The molecular weight excluding hydrogens is 334 g/mol. The van der Waals surface area contributed by atoms with Crippen molar-refractivity contribution in [2.75, 3.05) is 43.7 Å². The summed E-state index contributed by atoms with van der Waals surface area (Å²) in [6, 6.07) is 7.38. The van der Waals surface area contributed by atoms with E-state index in [1.165, 1.54) is 0 Å². The van der Waals surface area contributed by atoms with Gasteiger partial charge in [-0.3, -0.25) is 4.79 Å². The van der Waals surface area contributed by atoms with Crippen molar-refractivity contribution in [3.05, 3.63) is 35.4 Å². The van der Waals surface area contributed by atoms with E-state index in [1.54, 1.807) is 0 Å². The molecule has 1 aromatic heterocycles. The van der Waals surface area contributed by atoms with Crippen molar-refractivity contribution in [1.82, 2.24) is 15.0 Å². The molecule has 0 aliphatic carbocycles. The first-order valence-electron chi connectivity index (χ1n) is 8.62. The van der Waals surface area contributed by atoms with Crippen LogP contribution < -0.4 is 10.3 Å². The summed E-state index contributed by atoms with van der Waals surface area (Å²) in [6.45, 7) is 3.76. The number of fused-ring (bicyclic) bond motifs is 1. The number of hydrogen-bond donors (Lipinski definition) is 2. The molecule has 2 aliphatic rings. The fourth-order valence-electron chi connectivity index (χ4n) is 3.28. The summed E-state index contributed by atoms with van der Waals surface area (Å²) in [7, 11) is 1.98. The molecule has 136 valence electrons. The van der Waals surface area contributed by atoms with E-state index in [-0.39, 0.29) is 6.42 Å². The Morgan fingerprint density at radius 1 is 1.23 bits per heavy atom. The van der Waals surface area contributed by atoms with E-state index >= 15 is 0 Å². The van der Waals surface area contributed by atoms with Crippen LogP contribution in [0.5, 0.6) is 0 Å². The molecule has 1 saturated heterocycles. The van der Waals surface area contributed by atoms with E-state index in [4.69, 9.17) is 14.8 Å². The largest absolute Gasteiger partial charge is 0.481 e. The van der Waals surface area contributed by atoms with Crippen molar-refractivity contribution < 1.29 is 14.6 Å². The van der Waals surface area contributed by atoms with E-state index in [2.05, 4.69) is 15.3 Å². The number of morpholine rings is 1. The molecule has 0 unspecified atom stereocenters. The third-order valence-electron chi connectivity index (χ3n) is 4.56. The predicted octanol–water partition coefficient (Wildman–Crippen LogP) is 1.38. The highest BCUT2D eigenvalue weighted by molar-refractivity contribution is 5.71. The van der Waals surface area contributed by atoms with Gasteiger partial charge < -0.3 is 20.2 Å². The average molecular weight is 355 g/mol. The van der Waals surface area contributed by atoms with Crippen LogP contribution in [0.15, 0.2) is 24.3 Å². The minimum atomic E-state index is -0.839. The topological polar surface area (TPSA) is 90.8 Å². The summed E-state index contributed by atoms with van der Waals surface area (Å²) in [5.74, 6) is 1.57. The number of aliphatic carboxylic acids is 1. The van der Waals surface area contributed by atoms with Crippen LogP contribution in [0.4, 0.5) is 11.6 Å². The summed E-state index contributed by atoms with van der Waals surface area (Å²) < 4.78 is 5.46. The summed E-state index contributed by atoms with van der Waals surface area (Å²) in [6.07, 6.45) is 0.0106. The first-order valence-corrected chi connectivity index (χ1v) is 8.62. The number of aromatic nitrogens is 2. The maximum atomic E-state index is 10.8. The Bertz CT molecular complexity index is 818. The van der Waals surface area contributed by atoms with Crippen molar-refractivity contribution >= 4 is 17.6 Å². The van der Waals surface area contributed by atoms with Crippen LogP contribution in [0.1, 0.15) is 11.1 Å². The van der Waals surface area contributed by atoms with Gasteiger partial charge in [0.15, 0.2) is 11.6 Å². The lowest BCUT2D eigenvalue weighted by Crippen LogP contribution is -2.37. The molecule has 0 spiro atoms. The van der Waals surface area contributed by atoms with E-state index < -0.39 is 5.97 Å². The molecule has 8 nitrogen and oxygen atoms in total. The van der Waals surface area contributed by atoms with Gasteiger partial charge in [-0.2, -0.15) is 0 Å². The van der Waals surface area contributed by atoms with Crippen LogP contribution in [-0.2, 0) is 22.5 Å². The molecule has 3 heterocycles. The van der Waals surface area contributed by atoms with Crippen LogP contribution in [0.3, 0.4) is 0 Å². The zero-order valence-electron chi connectivity index (χ0n) is 14.6. The number of hydrogen-bond acceptors (Lipinski definition) is 7. The Morgan fingerprint density at radius 2 is 1.96 bits per heavy atom. The van der Waals surface area contributed by atoms with E-state index in [1.807, 2.05) is 36.3 Å². The fourth-order valence-corrected chi connectivity index (χ4v) is 3.28. The Hall–Kier alpha value is -2.71. The van der Waals surface area contributed by atoms with Gasteiger partial charge in [-0.25, -0.2) is 15.0 Å². The molecule has 0 radical (unpaired) electrons. The molecule has 0 atom stereocenters.